The summed E-state index contributed by atoms with van der Waals surface area (Å²) >= 11 is 0. The van der Waals surface area contributed by atoms with Crippen molar-refractivity contribution in [3.63, 3.8) is 0 Å². The van der Waals surface area contributed by atoms with Crippen molar-refractivity contribution >= 4 is 0 Å². The summed E-state index contributed by atoms with van der Waals surface area (Å²) in [6.45, 7) is 15.5. The highest BCUT2D eigenvalue weighted by molar-refractivity contribution is 4.87. The van der Waals surface area contributed by atoms with Crippen molar-refractivity contribution in [3.8, 4) is 0 Å². The second kappa shape index (κ2) is 7.05. The quantitative estimate of drug-likeness (QED) is 0.770. The van der Waals surface area contributed by atoms with Crippen molar-refractivity contribution in [2.75, 3.05) is 33.4 Å². The third kappa shape index (κ3) is 5.41. The predicted molar refractivity (Wildman–Crippen MR) is 82.6 cm³/mol. The van der Waals surface area contributed by atoms with Gasteiger partial charge in [-0.15, -0.1) is 0 Å². The molecule has 3 nitrogen and oxygen atoms in total. The normalized spacial score (nSPS) is 21.3. The molecule has 19 heavy (non-hydrogen) atoms. The van der Waals surface area contributed by atoms with Gasteiger partial charge in [0.1, 0.15) is 0 Å². The largest absolute Gasteiger partial charge is 0.380 e. The van der Waals surface area contributed by atoms with Crippen LogP contribution in [0.3, 0.4) is 0 Å². The zero-order chi connectivity index (χ0) is 14.5. The molecule has 0 aliphatic carbocycles. The lowest BCUT2D eigenvalue weighted by Gasteiger charge is -2.40. The van der Waals surface area contributed by atoms with Gasteiger partial charge >= 0.3 is 0 Å². The monoisotopic (exact) mass is 270 g/mol. The molecule has 1 aliphatic heterocycles. The molecule has 0 aromatic carbocycles. The molecule has 1 fully saturated rings. The number of nitrogens with one attached hydrogen (secondary N) is 1. The van der Waals surface area contributed by atoms with Crippen LogP contribution in [0, 0.1) is 5.41 Å². The van der Waals surface area contributed by atoms with Gasteiger partial charge in [0.05, 0.1) is 6.61 Å². The van der Waals surface area contributed by atoms with E-state index in [1.54, 1.807) is 0 Å². The van der Waals surface area contributed by atoms with Crippen LogP contribution in [-0.2, 0) is 4.74 Å². The molecule has 1 N–H and O–H groups in total. The average molecular weight is 270 g/mol. The molecule has 1 atom stereocenters. The van der Waals surface area contributed by atoms with Crippen LogP contribution in [0.2, 0.25) is 0 Å². The van der Waals surface area contributed by atoms with E-state index in [1.165, 1.54) is 19.3 Å². The maximum atomic E-state index is 5.52. The summed E-state index contributed by atoms with van der Waals surface area (Å²) in [5, 5.41) is 3.70. The highest BCUT2D eigenvalue weighted by Crippen LogP contribution is 2.29. The minimum Gasteiger partial charge on any atom is -0.380 e. The fourth-order valence-corrected chi connectivity index (χ4v) is 2.76. The Balaban J connectivity index is 2.58. The topological polar surface area (TPSA) is 24.5 Å². The second-order valence-electron chi connectivity index (χ2n) is 7.24. The second-order valence-corrected chi connectivity index (χ2v) is 7.24. The first kappa shape index (κ1) is 16.9. The van der Waals surface area contributed by atoms with Crippen molar-refractivity contribution in [3.05, 3.63) is 0 Å². The van der Waals surface area contributed by atoms with Crippen molar-refractivity contribution < 1.29 is 4.74 Å². The van der Waals surface area contributed by atoms with Gasteiger partial charge in [0.2, 0.25) is 0 Å². The summed E-state index contributed by atoms with van der Waals surface area (Å²) in [5.41, 5.74) is 0.579. The zero-order valence-corrected chi connectivity index (χ0v) is 13.9. The van der Waals surface area contributed by atoms with E-state index < -0.39 is 0 Å². The van der Waals surface area contributed by atoms with Gasteiger partial charge in [-0.05, 0) is 52.5 Å². The number of nitrogens with zero attached hydrogens (tertiary/aromatic N) is 1. The van der Waals surface area contributed by atoms with Crippen LogP contribution in [-0.4, -0.2) is 49.8 Å². The summed E-state index contributed by atoms with van der Waals surface area (Å²) in [5.74, 6) is 0. The molecule has 0 spiro atoms. The molecule has 0 aromatic heterocycles. The number of hydrogen-bond acceptors (Lipinski definition) is 3. The fourth-order valence-electron chi connectivity index (χ4n) is 2.76. The minimum atomic E-state index is 0.199. The molecule has 3 heteroatoms. The van der Waals surface area contributed by atoms with E-state index in [0.29, 0.717) is 11.5 Å². The molecule has 114 valence electrons. The Kier molecular flexibility index (Phi) is 6.28. The molecule has 0 aromatic rings. The van der Waals surface area contributed by atoms with Crippen molar-refractivity contribution in [2.24, 2.45) is 5.41 Å². The molecular formula is C16H34N2O. The average Bonchev–Trinajstić information content (AvgIpc) is 2.87. The zero-order valence-electron chi connectivity index (χ0n) is 13.9. The minimum absolute atomic E-state index is 0.199. The van der Waals surface area contributed by atoms with Crippen molar-refractivity contribution in [1.29, 1.82) is 0 Å². The van der Waals surface area contributed by atoms with E-state index in [9.17, 15) is 0 Å². The standard InChI is InChI=1S/C16H34N2O/c1-7-16(8-2,12-17-15(3,4)5)13-18(6)14-9-10-19-11-14/h14,17H,7-13H2,1-6H3. The van der Waals surface area contributed by atoms with Crippen LogP contribution in [0.1, 0.15) is 53.9 Å². The lowest BCUT2D eigenvalue weighted by molar-refractivity contribution is 0.101. The van der Waals surface area contributed by atoms with Crippen LogP contribution in [0.15, 0.2) is 0 Å². The smallest absolute Gasteiger partial charge is 0.0622 e. The predicted octanol–water partition coefficient (Wildman–Crippen LogP) is 2.90. The first-order valence-corrected chi connectivity index (χ1v) is 7.85. The number of likely N-dealkylation sites (N-methyl/N-ethyl adjacent to an activating group) is 1. The molecule has 1 heterocycles. The number of ether oxygens (including phenoxy) is 1. The third-order valence-corrected chi connectivity index (χ3v) is 4.61. The summed E-state index contributed by atoms with van der Waals surface area (Å²) < 4.78 is 5.52. The number of hydrogen-bond donors (Lipinski definition) is 1. The maximum absolute atomic E-state index is 5.52. The first-order chi connectivity index (χ1) is 8.82. The first-order valence-electron chi connectivity index (χ1n) is 7.85. The van der Waals surface area contributed by atoms with Crippen molar-refractivity contribution in [1.82, 2.24) is 10.2 Å². The van der Waals surface area contributed by atoms with Gasteiger partial charge in [0.25, 0.3) is 0 Å². The fraction of sp³-hybridized carbons (Fsp3) is 1.00. The molecule has 0 bridgehead atoms. The summed E-state index contributed by atoms with van der Waals surface area (Å²) in [6, 6.07) is 0.618. The third-order valence-electron chi connectivity index (χ3n) is 4.61. The van der Waals surface area contributed by atoms with Gasteiger partial charge < -0.3 is 15.0 Å². The van der Waals surface area contributed by atoms with Crippen LogP contribution in [0.4, 0.5) is 0 Å². The molecule has 1 aliphatic rings. The van der Waals surface area contributed by atoms with Gasteiger partial charge in [0, 0.05) is 31.3 Å². The SMILES string of the molecule is CCC(CC)(CNC(C)(C)C)CN(C)C1CCOC1. The molecule has 0 radical (unpaired) electrons. The van der Waals surface area contributed by atoms with Gasteiger partial charge in [-0.25, -0.2) is 0 Å². The summed E-state index contributed by atoms with van der Waals surface area (Å²) in [6.07, 6.45) is 3.64. The number of rotatable bonds is 7. The van der Waals surface area contributed by atoms with Gasteiger partial charge in [-0.3, -0.25) is 0 Å². The summed E-state index contributed by atoms with van der Waals surface area (Å²) in [7, 11) is 2.26. The van der Waals surface area contributed by atoms with E-state index in [0.717, 1.165) is 26.3 Å². The van der Waals surface area contributed by atoms with E-state index >= 15 is 0 Å². The molecule has 1 unspecified atom stereocenters. The Bertz CT molecular complexity index is 250. The van der Waals surface area contributed by atoms with E-state index in [-0.39, 0.29) is 5.54 Å². The molecule has 0 amide bonds. The van der Waals surface area contributed by atoms with Gasteiger partial charge in [0.15, 0.2) is 0 Å². The van der Waals surface area contributed by atoms with Crippen molar-refractivity contribution in [2.45, 2.75) is 65.5 Å². The Morgan fingerprint density at radius 1 is 1.21 bits per heavy atom. The highest BCUT2D eigenvalue weighted by atomic mass is 16.5. The maximum Gasteiger partial charge on any atom is 0.0622 e. The van der Waals surface area contributed by atoms with Crippen LogP contribution in [0.5, 0.6) is 0 Å². The molecule has 1 rings (SSSR count). The Morgan fingerprint density at radius 2 is 1.84 bits per heavy atom. The Morgan fingerprint density at radius 3 is 2.26 bits per heavy atom. The molecule has 0 saturated carbocycles. The van der Waals surface area contributed by atoms with Crippen LogP contribution in [0.25, 0.3) is 0 Å². The van der Waals surface area contributed by atoms with Crippen LogP contribution >= 0.6 is 0 Å². The lowest BCUT2D eigenvalue weighted by Crippen LogP contribution is -2.49. The summed E-state index contributed by atoms with van der Waals surface area (Å²) in [4.78, 5) is 2.52. The highest BCUT2D eigenvalue weighted by Gasteiger charge is 2.32. The Labute approximate surface area is 120 Å². The van der Waals surface area contributed by atoms with E-state index in [1.807, 2.05) is 0 Å². The molecular weight excluding hydrogens is 236 g/mol. The van der Waals surface area contributed by atoms with Gasteiger partial charge in [-0.1, -0.05) is 13.8 Å². The van der Waals surface area contributed by atoms with E-state index in [2.05, 4.69) is 51.9 Å². The van der Waals surface area contributed by atoms with Crippen LogP contribution < -0.4 is 5.32 Å². The Hall–Kier alpha value is -0.120. The van der Waals surface area contributed by atoms with Gasteiger partial charge in [-0.2, -0.15) is 0 Å². The lowest BCUT2D eigenvalue weighted by atomic mass is 9.80. The van der Waals surface area contributed by atoms with E-state index in [4.69, 9.17) is 4.74 Å². The molecule has 1 saturated heterocycles.